The van der Waals surface area contributed by atoms with Crippen LogP contribution in [-0.2, 0) is 16.4 Å². The molecule has 0 radical (unpaired) electrons. The average Bonchev–Trinajstić information content (AvgIpc) is 2.78. The van der Waals surface area contributed by atoms with Gasteiger partial charge in [0.25, 0.3) is 5.91 Å². The molecule has 0 unspecified atom stereocenters. The van der Waals surface area contributed by atoms with Crippen molar-refractivity contribution in [3.63, 3.8) is 0 Å². The predicted molar refractivity (Wildman–Crippen MR) is 117 cm³/mol. The van der Waals surface area contributed by atoms with E-state index in [2.05, 4.69) is 29.0 Å². The van der Waals surface area contributed by atoms with E-state index in [1.54, 1.807) is 12.1 Å². The molecule has 3 rings (SSSR count). The molecule has 7 heteroatoms. The standard InChI is InChI=1S/C23H30N2O4S/c1-3-13-24-30(27,28)22-17-20(9-10-21(22)29-2)23(26)25-14-11-19(12-15-25)16-18-7-5-4-6-8-18/h4-10,17,19,24H,3,11-16H2,1-2H3. The fourth-order valence-electron chi connectivity index (χ4n) is 3.80. The van der Waals surface area contributed by atoms with Gasteiger partial charge in [0.1, 0.15) is 10.6 Å². The minimum Gasteiger partial charge on any atom is -0.495 e. The van der Waals surface area contributed by atoms with Crippen molar-refractivity contribution in [2.45, 2.75) is 37.5 Å². The highest BCUT2D eigenvalue weighted by Gasteiger charge is 2.26. The Morgan fingerprint density at radius 1 is 1.13 bits per heavy atom. The van der Waals surface area contributed by atoms with E-state index in [-0.39, 0.29) is 16.6 Å². The van der Waals surface area contributed by atoms with Gasteiger partial charge in [0.2, 0.25) is 10.0 Å². The maximum absolute atomic E-state index is 13.0. The summed E-state index contributed by atoms with van der Waals surface area (Å²) in [5.41, 5.74) is 1.70. The van der Waals surface area contributed by atoms with Crippen molar-refractivity contribution in [3.8, 4) is 5.75 Å². The summed E-state index contributed by atoms with van der Waals surface area (Å²) in [7, 11) is -2.32. The second-order valence-electron chi connectivity index (χ2n) is 7.69. The summed E-state index contributed by atoms with van der Waals surface area (Å²) in [5, 5.41) is 0. The number of benzene rings is 2. The van der Waals surface area contributed by atoms with Crippen LogP contribution in [0, 0.1) is 5.92 Å². The molecule has 0 aromatic heterocycles. The van der Waals surface area contributed by atoms with Crippen LogP contribution in [0.25, 0.3) is 0 Å². The summed E-state index contributed by atoms with van der Waals surface area (Å²) in [6.07, 6.45) is 3.59. The lowest BCUT2D eigenvalue weighted by Gasteiger charge is -2.32. The number of carbonyl (C=O) groups excluding carboxylic acids is 1. The Kier molecular flexibility index (Phi) is 7.50. The largest absolute Gasteiger partial charge is 0.495 e. The number of piperidine rings is 1. The van der Waals surface area contributed by atoms with Gasteiger partial charge in [-0.05, 0) is 55.4 Å². The van der Waals surface area contributed by atoms with E-state index < -0.39 is 10.0 Å². The van der Waals surface area contributed by atoms with E-state index in [0.717, 1.165) is 19.3 Å². The Morgan fingerprint density at radius 3 is 2.47 bits per heavy atom. The number of rotatable bonds is 8. The van der Waals surface area contributed by atoms with Gasteiger partial charge in [-0.25, -0.2) is 13.1 Å². The Morgan fingerprint density at radius 2 is 1.83 bits per heavy atom. The van der Waals surface area contributed by atoms with Crippen molar-refractivity contribution < 1.29 is 17.9 Å². The molecule has 1 amide bonds. The van der Waals surface area contributed by atoms with Gasteiger partial charge < -0.3 is 9.64 Å². The van der Waals surface area contributed by atoms with Gasteiger partial charge in [-0.1, -0.05) is 37.3 Å². The molecule has 1 N–H and O–H groups in total. The lowest BCUT2D eigenvalue weighted by atomic mass is 9.90. The number of nitrogens with zero attached hydrogens (tertiary/aromatic N) is 1. The van der Waals surface area contributed by atoms with Crippen LogP contribution in [0.5, 0.6) is 5.75 Å². The highest BCUT2D eigenvalue weighted by Crippen LogP contribution is 2.27. The number of ether oxygens (including phenoxy) is 1. The fraction of sp³-hybridized carbons (Fsp3) is 0.435. The summed E-state index contributed by atoms with van der Waals surface area (Å²) >= 11 is 0. The highest BCUT2D eigenvalue weighted by atomic mass is 32.2. The van der Waals surface area contributed by atoms with Gasteiger partial charge in [-0.3, -0.25) is 4.79 Å². The highest BCUT2D eigenvalue weighted by molar-refractivity contribution is 7.89. The Hall–Kier alpha value is -2.38. The first kappa shape index (κ1) is 22.3. The van der Waals surface area contributed by atoms with Gasteiger partial charge in [0, 0.05) is 25.2 Å². The van der Waals surface area contributed by atoms with Crippen molar-refractivity contribution in [2.24, 2.45) is 5.92 Å². The summed E-state index contributed by atoms with van der Waals surface area (Å²) in [6.45, 7) is 3.58. The first-order valence-corrected chi connectivity index (χ1v) is 11.9. The van der Waals surface area contributed by atoms with Crippen LogP contribution in [0.15, 0.2) is 53.4 Å². The zero-order valence-corrected chi connectivity index (χ0v) is 18.5. The van der Waals surface area contributed by atoms with Crippen LogP contribution in [0.4, 0.5) is 0 Å². The number of sulfonamides is 1. The molecule has 162 valence electrons. The Balaban J connectivity index is 1.69. The monoisotopic (exact) mass is 430 g/mol. The number of hydrogen-bond acceptors (Lipinski definition) is 4. The molecule has 0 saturated carbocycles. The van der Waals surface area contributed by atoms with E-state index in [1.807, 2.05) is 17.9 Å². The van der Waals surface area contributed by atoms with Crippen molar-refractivity contribution in [1.29, 1.82) is 0 Å². The first-order valence-electron chi connectivity index (χ1n) is 10.5. The quantitative estimate of drug-likeness (QED) is 0.696. The summed E-state index contributed by atoms with van der Waals surface area (Å²) < 4.78 is 33.0. The van der Waals surface area contributed by atoms with Crippen molar-refractivity contribution >= 4 is 15.9 Å². The third-order valence-electron chi connectivity index (χ3n) is 5.51. The zero-order valence-electron chi connectivity index (χ0n) is 17.6. The van der Waals surface area contributed by atoms with E-state index in [9.17, 15) is 13.2 Å². The molecule has 1 heterocycles. The smallest absolute Gasteiger partial charge is 0.253 e. The van der Waals surface area contributed by atoms with Gasteiger partial charge in [-0.2, -0.15) is 0 Å². The Labute approximate surface area is 179 Å². The van der Waals surface area contributed by atoms with E-state index in [1.165, 1.54) is 18.7 Å². The molecule has 0 atom stereocenters. The second kappa shape index (κ2) is 10.1. The molecule has 2 aromatic carbocycles. The van der Waals surface area contributed by atoms with Gasteiger partial charge in [0.05, 0.1) is 7.11 Å². The number of amides is 1. The Bertz CT molecular complexity index is 952. The topological polar surface area (TPSA) is 75.7 Å². The summed E-state index contributed by atoms with van der Waals surface area (Å²) in [6, 6.07) is 15.0. The molecule has 1 fully saturated rings. The second-order valence-corrected chi connectivity index (χ2v) is 9.42. The fourth-order valence-corrected chi connectivity index (χ4v) is 5.13. The molecule has 1 aliphatic heterocycles. The molecule has 2 aromatic rings. The SMILES string of the molecule is CCCNS(=O)(=O)c1cc(C(=O)N2CCC(Cc3ccccc3)CC2)ccc1OC. The van der Waals surface area contributed by atoms with Crippen LogP contribution in [-0.4, -0.2) is 46.0 Å². The van der Waals surface area contributed by atoms with Crippen molar-refractivity contribution in [1.82, 2.24) is 9.62 Å². The third-order valence-corrected chi connectivity index (χ3v) is 6.99. The number of likely N-dealkylation sites (tertiary alicyclic amines) is 1. The van der Waals surface area contributed by atoms with Crippen LogP contribution in [0.3, 0.4) is 0 Å². The van der Waals surface area contributed by atoms with E-state index >= 15 is 0 Å². The maximum atomic E-state index is 13.0. The zero-order chi connectivity index (χ0) is 21.6. The predicted octanol–water partition coefficient (Wildman–Crippen LogP) is 3.48. The van der Waals surface area contributed by atoms with Crippen molar-refractivity contribution in [3.05, 3.63) is 59.7 Å². The average molecular weight is 431 g/mol. The normalized spacial score (nSPS) is 15.2. The number of methoxy groups -OCH3 is 1. The molecular formula is C23H30N2O4S. The van der Waals surface area contributed by atoms with E-state index in [0.29, 0.717) is 37.5 Å². The first-order chi connectivity index (χ1) is 14.4. The summed E-state index contributed by atoms with van der Waals surface area (Å²) in [4.78, 5) is 14.8. The lowest BCUT2D eigenvalue weighted by Crippen LogP contribution is -2.39. The van der Waals surface area contributed by atoms with Crippen LogP contribution < -0.4 is 9.46 Å². The maximum Gasteiger partial charge on any atom is 0.253 e. The minimum absolute atomic E-state index is 0.00302. The summed E-state index contributed by atoms with van der Waals surface area (Å²) in [5.74, 6) is 0.654. The van der Waals surface area contributed by atoms with Crippen LogP contribution in [0.1, 0.15) is 42.1 Å². The number of hydrogen-bond donors (Lipinski definition) is 1. The number of carbonyl (C=O) groups is 1. The molecule has 30 heavy (non-hydrogen) atoms. The minimum atomic E-state index is -3.74. The molecule has 1 aliphatic rings. The lowest BCUT2D eigenvalue weighted by molar-refractivity contribution is 0.0690. The van der Waals surface area contributed by atoms with Crippen molar-refractivity contribution in [2.75, 3.05) is 26.7 Å². The molecule has 0 bridgehead atoms. The molecule has 1 saturated heterocycles. The van der Waals surface area contributed by atoms with Crippen LogP contribution >= 0.6 is 0 Å². The molecular weight excluding hydrogens is 400 g/mol. The molecule has 6 nitrogen and oxygen atoms in total. The van der Waals surface area contributed by atoms with E-state index in [4.69, 9.17) is 4.74 Å². The van der Waals surface area contributed by atoms with Gasteiger partial charge in [0.15, 0.2) is 0 Å². The number of nitrogens with one attached hydrogen (secondary N) is 1. The van der Waals surface area contributed by atoms with Gasteiger partial charge in [-0.15, -0.1) is 0 Å². The molecule has 0 aliphatic carbocycles. The third kappa shape index (κ3) is 5.40. The van der Waals surface area contributed by atoms with Gasteiger partial charge >= 0.3 is 0 Å². The van der Waals surface area contributed by atoms with Crippen LogP contribution in [0.2, 0.25) is 0 Å². The molecule has 0 spiro atoms.